The van der Waals surface area contributed by atoms with Crippen LogP contribution >= 0.6 is 0 Å². The van der Waals surface area contributed by atoms with Crippen LogP contribution in [0.5, 0.6) is 0 Å². The van der Waals surface area contributed by atoms with Crippen LogP contribution in [0.25, 0.3) is 17.2 Å². The summed E-state index contributed by atoms with van der Waals surface area (Å²) in [5.74, 6) is -0.593. The minimum absolute atomic E-state index is 0.0317. The van der Waals surface area contributed by atoms with E-state index in [2.05, 4.69) is 16.4 Å². The average molecular weight is 509 g/mol. The molecule has 37 heavy (non-hydrogen) atoms. The van der Waals surface area contributed by atoms with Gasteiger partial charge < -0.3 is 19.9 Å². The van der Waals surface area contributed by atoms with E-state index in [-0.39, 0.29) is 48.3 Å². The Bertz CT molecular complexity index is 1150. The van der Waals surface area contributed by atoms with Crippen molar-refractivity contribution >= 4 is 18.1 Å². The summed E-state index contributed by atoms with van der Waals surface area (Å²) in [6.07, 6.45) is 8.47. The number of nitrogens with zero attached hydrogens (tertiary/aromatic N) is 1. The molecule has 7 atom stereocenters. The molecule has 0 radical (unpaired) electrons. The molecule has 0 bridgehead atoms. The van der Waals surface area contributed by atoms with Gasteiger partial charge >= 0.3 is 12.1 Å². The van der Waals surface area contributed by atoms with Gasteiger partial charge in [-0.1, -0.05) is 24.3 Å². The number of amides is 1. The van der Waals surface area contributed by atoms with Crippen LogP contribution in [-0.4, -0.2) is 47.5 Å². The maximum absolute atomic E-state index is 13.6. The van der Waals surface area contributed by atoms with Crippen molar-refractivity contribution in [3.05, 3.63) is 60.2 Å². The van der Waals surface area contributed by atoms with Gasteiger partial charge in [-0.3, -0.25) is 9.78 Å². The van der Waals surface area contributed by atoms with Gasteiger partial charge in [0, 0.05) is 23.7 Å². The van der Waals surface area contributed by atoms with Gasteiger partial charge in [-0.2, -0.15) is 0 Å². The SMILES string of the molecule is CCOC(=O)N[C@@H]1CC[C@@H]2[C@@H](C1)C[C@H]1OC(=O)[C@H](CO)[C@H]1[C@H]2C=Cc1ccc(-c2cccc(F)c2)cn1. The van der Waals surface area contributed by atoms with E-state index in [1.54, 1.807) is 19.2 Å². The standard InChI is InChI=1S/C29H33FN2O5/c1-2-36-29(35)32-22-9-10-23-19(13-22)14-26-27(25(16-33)28(34)37-26)24(23)11-8-21-7-6-18(15-31-21)17-4-3-5-20(30)12-17/h3-8,11-12,15,19,22-27,33H,2,9-10,13-14,16H2,1H3,(H,32,35)/t19-,22+,23+,24-,25+,26+,27+/m0/s1. The van der Waals surface area contributed by atoms with Crippen molar-refractivity contribution in [2.75, 3.05) is 13.2 Å². The number of fused-ring (bicyclic) bond motifs is 2. The van der Waals surface area contributed by atoms with E-state index in [9.17, 15) is 19.1 Å². The third-order valence-corrected chi connectivity index (χ3v) is 8.21. The fourth-order valence-electron chi connectivity index (χ4n) is 6.59. The van der Waals surface area contributed by atoms with E-state index >= 15 is 0 Å². The Morgan fingerprint density at radius 3 is 2.84 bits per heavy atom. The predicted molar refractivity (Wildman–Crippen MR) is 135 cm³/mol. The third-order valence-electron chi connectivity index (χ3n) is 8.21. The molecule has 8 heteroatoms. The normalized spacial score (nSPS) is 30.9. The minimum atomic E-state index is -0.528. The van der Waals surface area contributed by atoms with Crippen LogP contribution in [0.2, 0.25) is 0 Å². The van der Waals surface area contributed by atoms with Crippen molar-refractivity contribution in [2.24, 2.45) is 29.6 Å². The van der Waals surface area contributed by atoms with Crippen LogP contribution < -0.4 is 5.32 Å². The Balaban J connectivity index is 1.35. The second-order valence-corrected chi connectivity index (χ2v) is 10.3. The molecule has 1 saturated heterocycles. The molecule has 2 saturated carbocycles. The largest absolute Gasteiger partial charge is 0.462 e. The molecule has 2 aliphatic carbocycles. The molecule has 196 valence electrons. The van der Waals surface area contributed by atoms with Crippen molar-refractivity contribution in [1.82, 2.24) is 10.3 Å². The lowest BCUT2D eigenvalue weighted by atomic mass is 9.58. The van der Waals surface area contributed by atoms with E-state index in [1.165, 1.54) is 12.1 Å². The molecular formula is C29H33FN2O5. The quantitative estimate of drug-likeness (QED) is 0.554. The first-order valence-corrected chi connectivity index (χ1v) is 13.1. The molecule has 2 heterocycles. The van der Waals surface area contributed by atoms with Gasteiger partial charge in [0.1, 0.15) is 11.9 Å². The monoisotopic (exact) mass is 508 g/mol. The number of aliphatic hydroxyl groups is 1. The molecule has 2 N–H and O–H groups in total. The zero-order chi connectivity index (χ0) is 25.9. The highest BCUT2D eigenvalue weighted by Crippen LogP contribution is 2.52. The summed E-state index contributed by atoms with van der Waals surface area (Å²) in [5.41, 5.74) is 2.36. The number of benzene rings is 1. The van der Waals surface area contributed by atoms with Gasteiger partial charge in [0.15, 0.2) is 0 Å². The number of carbonyl (C=O) groups is 2. The molecular weight excluding hydrogens is 475 g/mol. The zero-order valence-electron chi connectivity index (χ0n) is 20.9. The Kier molecular flexibility index (Phi) is 7.55. The lowest BCUT2D eigenvalue weighted by Crippen LogP contribution is -2.49. The maximum atomic E-state index is 13.6. The summed E-state index contributed by atoms with van der Waals surface area (Å²) < 4.78 is 24.4. The number of hydrogen-bond donors (Lipinski definition) is 2. The highest BCUT2D eigenvalue weighted by molar-refractivity contribution is 5.75. The van der Waals surface area contributed by atoms with Crippen LogP contribution in [0.1, 0.15) is 38.3 Å². The van der Waals surface area contributed by atoms with Crippen LogP contribution in [-0.2, 0) is 14.3 Å². The summed E-state index contributed by atoms with van der Waals surface area (Å²) in [7, 11) is 0. The topological polar surface area (TPSA) is 97.8 Å². The molecule has 1 aromatic carbocycles. The number of pyridine rings is 1. The second-order valence-electron chi connectivity index (χ2n) is 10.3. The Labute approximate surface area is 216 Å². The number of ether oxygens (including phenoxy) is 2. The number of aromatic nitrogens is 1. The van der Waals surface area contributed by atoms with Gasteiger partial charge in [0.05, 0.1) is 24.8 Å². The van der Waals surface area contributed by atoms with Crippen molar-refractivity contribution in [3.63, 3.8) is 0 Å². The highest BCUT2D eigenvalue weighted by atomic mass is 19.1. The average Bonchev–Trinajstić information content (AvgIpc) is 3.21. The van der Waals surface area contributed by atoms with Crippen molar-refractivity contribution in [1.29, 1.82) is 0 Å². The fourth-order valence-corrected chi connectivity index (χ4v) is 6.59. The number of esters is 1. The van der Waals surface area contributed by atoms with Crippen molar-refractivity contribution < 1.29 is 28.6 Å². The zero-order valence-corrected chi connectivity index (χ0v) is 20.9. The fraction of sp³-hybridized carbons (Fsp3) is 0.483. The summed E-state index contributed by atoms with van der Waals surface area (Å²) in [6, 6.07) is 10.3. The first-order chi connectivity index (χ1) is 18.0. The van der Waals surface area contributed by atoms with E-state index in [0.29, 0.717) is 12.5 Å². The Hall–Kier alpha value is -3.26. The number of nitrogens with one attached hydrogen (secondary N) is 1. The Morgan fingerprint density at radius 1 is 1.24 bits per heavy atom. The summed E-state index contributed by atoms with van der Waals surface area (Å²) in [5, 5.41) is 13.0. The molecule has 2 aromatic rings. The first-order valence-electron chi connectivity index (χ1n) is 13.1. The van der Waals surface area contributed by atoms with Gasteiger partial charge in [0.2, 0.25) is 0 Å². The van der Waals surface area contributed by atoms with Crippen molar-refractivity contribution in [2.45, 2.75) is 44.8 Å². The third kappa shape index (κ3) is 5.39. The molecule has 1 aromatic heterocycles. The number of halogens is 1. The number of allylic oxidation sites excluding steroid dienone is 1. The molecule has 3 aliphatic rings. The summed E-state index contributed by atoms with van der Waals surface area (Å²) in [4.78, 5) is 29.1. The minimum Gasteiger partial charge on any atom is -0.462 e. The number of carbonyl (C=O) groups excluding carboxylic acids is 2. The van der Waals surface area contributed by atoms with Crippen LogP contribution in [0.4, 0.5) is 9.18 Å². The second kappa shape index (κ2) is 11.0. The van der Waals surface area contributed by atoms with Gasteiger partial charge in [-0.25, -0.2) is 9.18 Å². The number of hydrogen-bond acceptors (Lipinski definition) is 6. The summed E-state index contributed by atoms with van der Waals surface area (Å²) >= 11 is 0. The highest BCUT2D eigenvalue weighted by Gasteiger charge is 2.55. The maximum Gasteiger partial charge on any atom is 0.407 e. The lowest BCUT2D eigenvalue weighted by molar-refractivity contribution is -0.146. The van der Waals surface area contributed by atoms with Crippen LogP contribution in [0.3, 0.4) is 0 Å². The molecule has 0 spiro atoms. The van der Waals surface area contributed by atoms with Crippen LogP contribution in [0.15, 0.2) is 48.7 Å². The lowest BCUT2D eigenvalue weighted by Gasteiger charge is -2.47. The van der Waals surface area contributed by atoms with E-state index in [4.69, 9.17) is 9.47 Å². The number of aliphatic hydroxyl groups excluding tert-OH is 1. The smallest absolute Gasteiger partial charge is 0.407 e. The molecule has 1 aliphatic heterocycles. The van der Waals surface area contributed by atoms with E-state index in [0.717, 1.165) is 42.5 Å². The van der Waals surface area contributed by atoms with Gasteiger partial charge in [-0.05, 0) is 80.2 Å². The van der Waals surface area contributed by atoms with Crippen molar-refractivity contribution in [3.8, 4) is 11.1 Å². The first kappa shape index (κ1) is 25.4. The molecule has 3 fully saturated rings. The molecule has 1 amide bonds. The van der Waals surface area contributed by atoms with E-state index < -0.39 is 12.0 Å². The van der Waals surface area contributed by atoms with Crippen LogP contribution in [0, 0.1) is 35.4 Å². The van der Waals surface area contributed by atoms with Gasteiger partial charge in [-0.15, -0.1) is 0 Å². The molecule has 0 unspecified atom stereocenters. The number of rotatable bonds is 6. The number of alkyl carbamates (subject to hydrolysis) is 1. The van der Waals surface area contributed by atoms with E-state index in [1.807, 2.05) is 24.3 Å². The van der Waals surface area contributed by atoms with Gasteiger partial charge in [0.25, 0.3) is 0 Å². The molecule has 7 nitrogen and oxygen atoms in total. The summed E-state index contributed by atoms with van der Waals surface area (Å²) in [6.45, 7) is 1.89. The Morgan fingerprint density at radius 2 is 2.11 bits per heavy atom. The predicted octanol–water partition coefficient (Wildman–Crippen LogP) is 4.60. The molecule has 5 rings (SSSR count).